The Morgan fingerprint density at radius 3 is 3.04 bits per heavy atom. The van der Waals surface area contributed by atoms with E-state index in [9.17, 15) is 9.59 Å². The molecular weight excluding hydrogens is 358 g/mol. The largest absolute Gasteiger partial charge is 0.345 e. The van der Waals surface area contributed by atoms with E-state index in [-0.39, 0.29) is 17.8 Å². The van der Waals surface area contributed by atoms with Crippen LogP contribution in [0.1, 0.15) is 22.0 Å². The molecule has 0 saturated heterocycles. The molecule has 0 aliphatic rings. The Morgan fingerprint density at radius 1 is 1.40 bits per heavy atom. The Hall–Kier alpha value is -2.52. The first-order chi connectivity index (χ1) is 12.2. The van der Waals surface area contributed by atoms with Gasteiger partial charge < -0.3 is 10.3 Å². The fourth-order valence-electron chi connectivity index (χ4n) is 2.10. The second kappa shape index (κ2) is 8.04. The summed E-state index contributed by atoms with van der Waals surface area (Å²) >= 11 is 3.00. The lowest BCUT2D eigenvalue weighted by atomic mass is 10.3. The van der Waals surface area contributed by atoms with E-state index in [0.717, 1.165) is 16.3 Å². The topological polar surface area (TPSA) is 101 Å². The highest BCUT2D eigenvalue weighted by Crippen LogP contribution is 2.22. The summed E-state index contributed by atoms with van der Waals surface area (Å²) in [5.41, 5.74) is 1.45. The van der Waals surface area contributed by atoms with Crippen molar-refractivity contribution in [2.45, 2.75) is 12.3 Å². The zero-order chi connectivity index (χ0) is 17.6. The number of thioether (sulfide) groups is 1. The van der Waals surface area contributed by atoms with Gasteiger partial charge in [0, 0.05) is 29.4 Å². The standard InChI is InChI=1S/C16H15N5O2S2/c1-24-9-13-20-12(5-14(22)21-13)15(23)18-7-11-8-25-16(19-11)10-3-2-4-17-6-10/h2-6,8H,7,9H2,1H3,(H,18,23)(H,20,21,22). The van der Waals surface area contributed by atoms with Gasteiger partial charge in [0.15, 0.2) is 0 Å². The number of aromatic nitrogens is 4. The molecular formula is C16H15N5O2S2. The Morgan fingerprint density at radius 2 is 2.28 bits per heavy atom. The molecule has 0 radical (unpaired) electrons. The van der Waals surface area contributed by atoms with Crippen LogP contribution in [0.3, 0.4) is 0 Å². The number of rotatable bonds is 6. The van der Waals surface area contributed by atoms with Crippen molar-refractivity contribution in [3.05, 3.63) is 63.5 Å². The van der Waals surface area contributed by atoms with Crippen LogP contribution in [0.2, 0.25) is 0 Å². The molecule has 0 saturated carbocycles. The number of nitrogens with zero attached hydrogens (tertiary/aromatic N) is 3. The van der Waals surface area contributed by atoms with E-state index < -0.39 is 5.91 Å². The lowest BCUT2D eigenvalue weighted by molar-refractivity contribution is 0.0945. The van der Waals surface area contributed by atoms with Gasteiger partial charge in [0.25, 0.3) is 11.5 Å². The summed E-state index contributed by atoms with van der Waals surface area (Å²) in [6.07, 6.45) is 5.35. The molecule has 3 aromatic rings. The van der Waals surface area contributed by atoms with E-state index >= 15 is 0 Å². The Bertz CT molecular complexity index is 924. The van der Waals surface area contributed by atoms with Gasteiger partial charge >= 0.3 is 0 Å². The highest BCUT2D eigenvalue weighted by atomic mass is 32.2. The van der Waals surface area contributed by atoms with Gasteiger partial charge in [-0.15, -0.1) is 11.3 Å². The molecule has 0 atom stereocenters. The minimum Gasteiger partial charge on any atom is -0.345 e. The van der Waals surface area contributed by atoms with Crippen LogP contribution < -0.4 is 10.9 Å². The SMILES string of the molecule is CSCc1nc(C(=O)NCc2csc(-c3cccnc3)n2)cc(=O)[nH]1. The lowest BCUT2D eigenvalue weighted by Gasteiger charge is -2.04. The van der Waals surface area contributed by atoms with Crippen LogP contribution in [0.5, 0.6) is 0 Å². The number of nitrogens with one attached hydrogen (secondary N) is 2. The van der Waals surface area contributed by atoms with Gasteiger partial charge in [-0.2, -0.15) is 11.8 Å². The van der Waals surface area contributed by atoms with Crippen molar-refractivity contribution < 1.29 is 4.79 Å². The fourth-order valence-corrected chi connectivity index (χ4v) is 3.32. The smallest absolute Gasteiger partial charge is 0.270 e. The molecule has 3 heterocycles. The molecule has 1 amide bonds. The van der Waals surface area contributed by atoms with E-state index in [1.807, 2.05) is 23.8 Å². The predicted octanol–water partition coefficient (Wildman–Crippen LogP) is 2.08. The lowest BCUT2D eigenvalue weighted by Crippen LogP contribution is -2.26. The Labute approximate surface area is 152 Å². The predicted molar refractivity (Wildman–Crippen MR) is 98.6 cm³/mol. The van der Waals surface area contributed by atoms with Gasteiger partial charge in [-0.05, 0) is 18.4 Å². The molecule has 2 N–H and O–H groups in total. The molecule has 0 bridgehead atoms. The van der Waals surface area contributed by atoms with Gasteiger partial charge in [0.2, 0.25) is 0 Å². The molecule has 7 nitrogen and oxygen atoms in total. The fraction of sp³-hybridized carbons (Fsp3) is 0.188. The molecule has 9 heteroatoms. The van der Waals surface area contributed by atoms with Crippen LogP contribution in [-0.2, 0) is 12.3 Å². The maximum atomic E-state index is 12.2. The van der Waals surface area contributed by atoms with Crippen molar-refractivity contribution in [1.29, 1.82) is 0 Å². The number of amides is 1. The van der Waals surface area contributed by atoms with Crippen LogP contribution >= 0.6 is 23.1 Å². The number of thiazole rings is 1. The van der Waals surface area contributed by atoms with E-state index in [2.05, 4.69) is 25.3 Å². The van der Waals surface area contributed by atoms with Crippen molar-refractivity contribution in [2.75, 3.05) is 6.26 Å². The molecule has 3 aromatic heterocycles. The monoisotopic (exact) mass is 373 g/mol. The number of pyridine rings is 1. The molecule has 0 aliphatic carbocycles. The van der Waals surface area contributed by atoms with Crippen LogP contribution in [0.15, 0.2) is 40.8 Å². The third-order valence-electron chi connectivity index (χ3n) is 3.19. The summed E-state index contributed by atoms with van der Waals surface area (Å²) in [7, 11) is 0. The maximum Gasteiger partial charge on any atom is 0.270 e. The normalized spacial score (nSPS) is 10.6. The van der Waals surface area contributed by atoms with Crippen LogP contribution in [0, 0.1) is 0 Å². The third kappa shape index (κ3) is 4.52. The van der Waals surface area contributed by atoms with Crippen molar-refractivity contribution in [3.8, 4) is 10.6 Å². The van der Waals surface area contributed by atoms with E-state index in [1.54, 1.807) is 12.4 Å². The summed E-state index contributed by atoms with van der Waals surface area (Å²) in [5, 5.41) is 5.47. The summed E-state index contributed by atoms with van der Waals surface area (Å²) in [6.45, 7) is 0.266. The second-order valence-electron chi connectivity index (χ2n) is 5.08. The summed E-state index contributed by atoms with van der Waals surface area (Å²) in [4.78, 5) is 39.2. The van der Waals surface area contributed by atoms with Gasteiger partial charge in [-0.25, -0.2) is 9.97 Å². The number of carbonyl (C=O) groups is 1. The van der Waals surface area contributed by atoms with Crippen molar-refractivity contribution >= 4 is 29.0 Å². The highest BCUT2D eigenvalue weighted by molar-refractivity contribution is 7.97. The molecule has 128 valence electrons. The molecule has 0 aliphatic heterocycles. The van der Waals surface area contributed by atoms with Crippen LogP contribution in [0.4, 0.5) is 0 Å². The molecule has 3 rings (SSSR count). The summed E-state index contributed by atoms with van der Waals surface area (Å²) < 4.78 is 0. The number of H-pyrrole nitrogens is 1. The summed E-state index contributed by atoms with van der Waals surface area (Å²) in [5.74, 6) is 0.624. The summed E-state index contributed by atoms with van der Waals surface area (Å²) in [6, 6.07) is 4.98. The Kier molecular flexibility index (Phi) is 5.56. The maximum absolute atomic E-state index is 12.2. The van der Waals surface area contributed by atoms with E-state index in [1.165, 1.54) is 29.2 Å². The van der Waals surface area contributed by atoms with Crippen LogP contribution in [-0.4, -0.2) is 32.1 Å². The van der Waals surface area contributed by atoms with Gasteiger partial charge in [-0.1, -0.05) is 0 Å². The molecule has 0 aromatic carbocycles. The van der Waals surface area contributed by atoms with Gasteiger partial charge in [-0.3, -0.25) is 14.6 Å². The molecule has 0 fully saturated rings. The van der Waals surface area contributed by atoms with E-state index in [4.69, 9.17) is 0 Å². The zero-order valence-corrected chi connectivity index (χ0v) is 15.0. The van der Waals surface area contributed by atoms with Crippen molar-refractivity contribution in [3.63, 3.8) is 0 Å². The van der Waals surface area contributed by atoms with Crippen molar-refractivity contribution in [2.24, 2.45) is 0 Å². The average molecular weight is 373 g/mol. The molecule has 0 unspecified atom stereocenters. The first kappa shape index (κ1) is 17.3. The van der Waals surface area contributed by atoms with Crippen LogP contribution in [0.25, 0.3) is 10.6 Å². The number of hydrogen-bond acceptors (Lipinski definition) is 7. The average Bonchev–Trinajstić information content (AvgIpc) is 3.09. The zero-order valence-electron chi connectivity index (χ0n) is 13.4. The second-order valence-corrected chi connectivity index (χ2v) is 6.80. The first-order valence-corrected chi connectivity index (χ1v) is 9.65. The van der Waals surface area contributed by atoms with Crippen molar-refractivity contribution in [1.82, 2.24) is 25.3 Å². The van der Waals surface area contributed by atoms with E-state index in [0.29, 0.717) is 11.6 Å². The first-order valence-electron chi connectivity index (χ1n) is 7.38. The quantitative estimate of drug-likeness (QED) is 0.686. The number of hydrogen-bond donors (Lipinski definition) is 2. The number of carbonyl (C=O) groups excluding carboxylic acids is 1. The van der Waals surface area contributed by atoms with Gasteiger partial charge in [0.1, 0.15) is 16.5 Å². The molecule has 25 heavy (non-hydrogen) atoms. The minimum atomic E-state index is -0.399. The molecule has 0 spiro atoms. The number of aromatic amines is 1. The minimum absolute atomic E-state index is 0.107. The third-order valence-corrected chi connectivity index (χ3v) is 4.70. The Balaban J connectivity index is 1.67. The highest BCUT2D eigenvalue weighted by Gasteiger charge is 2.11. The van der Waals surface area contributed by atoms with Gasteiger partial charge in [0.05, 0.1) is 18.0 Å².